The highest BCUT2D eigenvalue weighted by molar-refractivity contribution is 6.30. The van der Waals surface area contributed by atoms with E-state index in [1.165, 1.54) is 11.6 Å². The van der Waals surface area contributed by atoms with Gasteiger partial charge in [0, 0.05) is 37.6 Å². The molecule has 0 spiro atoms. The van der Waals surface area contributed by atoms with E-state index < -0.39 is 5.82 Å². The molecule has 1 N–H and O–H groups in total. The molecule has 1 aliphatic rings. The van der Waals surface area contributed by atoms with Crippen molar-refractivity contribution in [1.82, 2.24) is 9.80 Å². The fourth-order valence-corrected chi connectivity index (χ4v) is 3.42. The molecule has 4 nitrogen and oxygen atoms in total. The molecule has 0 saturated carbocycles. The molecule has 1 heterocycles. The molecular formula is C21H25ClFN3O. The van der Waals surface area contributed by atoms with Crippen LogP contribution in [0.1, 0.15) is 18.4 Å². The number of carbonyl (C=O) groups is 1. The number of nitrogens with one attached hydrogen (secondary N) is 1. The number of benzene rings is 2. The third-order valence-corrected chi connectivity index (χ3v) is 5.06. The molecule has 1 aliphatic heterocycles. The summed E-state index contributed by atoms with van der Waals surface area (Å²) < 4.78 is 13.6. The van der Waals surface area contributed by atoms with E-state index in [1.807, 2.05) is 12.1 Å². The molecule has 1 saturated heterocycles. The molecule has 0 atom stereocenters. The predicted molar refractivity (Wildman–Crippen MR) is 107 cm³/mol. The van der Waals surface area contributed by atoms with E-state index in [0.29, 0.717) is 13.0 Å². The van der Waals surface area contributed by atoms with Gasteiger partial charge in [-0.05, 0) is 49.3 Å². The van der Waals surface area contributed by atoms with Crippen LogP contribution in [0.25, 0.3) is 0 Å². The third-order valence-electron chi connectivity index (χ3n) is 4.80. The third kappa shape index (κ3) is 6.31. The molecular weight excluding hydrogens is 365 g/mol. The van der Waals surface area contributed by atoms with Crippen molar-refractivity contribution in [2.75, 3.05) is 38.0 Å². The summed E-state index contributed by atoms with van der Waals surface area (Å²) in [6.07, 6.45) is 1.44. The smallest absolute Gasteiger partial charge is 0.225 e. The van der Waals surface area contributed by atoms with Gasteiger partial charge < -0.3 is 10.2 Å². The quantitative estimate of drug-likeness (QED) is 0.810. The summed E-state index contributed by atoms with van der Waals surface area (Å²) >= 11 is 5.95. The van der Waals surface area contributed by atoms with Crippen LogP contribution >= 0.6 is 11.6 Å². The normalized spacial score (nSPS) is 16.1. The van der Waals surface area contributed by atoms with Gasteiger partial charge in [0.1, 0.15) is 5.82 Å². The van der Waals surface area contributed by atoms with Gasteiger partial charge >= 0.3 is 0 Å². The maximum atomic E-state index is 13.6. The first-order valence-corrected chi connectivity index (χ1v) is 9.71. The average Bonchev–Trinajstić information content (AvgIpc) is 2.89. The van der Waals surface area contributed by atoms with Crippen LogP contribution in [-0.2, 0) is 11.3 Å². The van der Waals surface area contributed by atoms with Crippen LogP contribution < -0.4 is 5.32 Å². The number of nitrogens with zero attached hydrogens (tertiary/aromatic N) is 2. The zero-order chi connectivity index (χ0) is 19.1. The number of halogens is 2. The highest BCUT2D eigenvalue weighted by Gasteiger charge is 2.16. The van der Waals surface area contributed by atoms with Crippen molar-refractivity contribution in [3.8, 4) is 0 Å². The van der Waals surface area contributed by atoms with Crippen molar-refractivity contribution in [3.05, 3.63) is 64.9 Å². The van der Waals surface area contributed by atoms with Gasteiger partial charge in [-0.2, -0.15) is 0 Å². The van der Waals surface area contributed by atoms with E-state index >= 15 is 0 Å². The van der Waals surface area contributed by atoms with E-state index in [2.05, 4.69) is 27.2 Å². The molecule has 0 unspecified atom stereocenters. The Morgan fingerprint density at radius 3 is 2.48 bits per heavy atom. The van der Waals surface area contributed by atoms with Crippen molar-refractivity contribution in [3.63, 3.8) is 0 Å². The summed E-state index contributed by atoms with van der Waals surface area (Å²) in [7, 11) is 0. The maximum absolute atomic E-state index is 13.6. The molecule has 6 heteroatoms. The molecule has 0 radical (unpaired) electrons. The number of para-hydroxylation sites is 1. The van der Waals surface area contributed by atoms with Crippen LogP contribution in [0.5, 0.6) is 0 Å². The SMILES string of the molecule is O=C(CCN1CCCN(Cc2ccc(Cl)cc2)CC1)Nc1ccccc1F. The molecule has 0 bridgehead atoms. The van der Waals surface area contributed by atoms with E-state index in [-0.39, 0.29) is 11.6 Å². The average molecular weight is 390 g/mol. The minimum absolute atomic E-state index is 0.151. The number of carbonyl (C=O) groups excluding carboxylic acids is 1. The molecule has 3 rings (SSSR count). The highest BCUT2D eigenvalue weighted by atomic mass is 35.5. The number of anilines is 1. The van der Waals surface area contributed by atoms with E-state index in [9.17, 15) is 9.18 Å². The molecule has 0 aromatic heterocycles. The first-order valence-electron chi connectivity index (χ1n) is 9.34. The van der Waals surface area contributed by atoms with Crippen molar-refractivity contribution in [2.45, 2.75) is 19.4 Å². The lowest BCUT2D eigenvalue weighted by atomic mass is 10.2. The molecule has 1 amide bonds. The van der Waals surface area contributed by atoms with Crippen LogP contribution in [0, 0.1) is 5.82 Å². The summed E-state index contributed by atoms with van der Waals surface area (Å²) in [5, 5.41) is 3.41. The summed E-state index contributed by atoms with van der Waals surface area (Å²) in [6.45, 7) is 5.52. The van der Waals surface area contributed by atoms with Gasteiger partial charge in [0.15, 0.2) is 0 Å². The number of rotatable bonds is 6. The van der Waals surface area contributed by atoms with Crippen LogP contribution in [0.15, 0.2) is 48.5 Å². The molecule has 144 valence electrons. The number of hydrogen-bond donors (Lipinski definition) is 1. The summed E-state index contributed by atoms with van der Waals surface area (Å²) in [5.41, 5.74) is 1.50. The first kappa shape index (κ1) is 19.8. The lowest BCUT2D eigenvalue weighted by Gasteiger charge is -2.21. The van der Waals surface area contributed by atoms with Gasteiger partial charge in [-0.3, -0.25) is 9.69 Å². The molecule has 0 aliphatic carbocycles. The Morgan fingerprint density at radius 2 is 1.70 bits per heavy atom. The summed E-state index contributed by atoms with van der Waals surface area (Å²) in [4.78, 5) is 16.8. The van der Waals surface area contributed by atoms with E-state index in [1.54, 1.807) is 18.2 Å². The minimum Gasteiger partial charge on any atom is -0.324 e. The van der Waals surface area contributed by atoms with Crippen molar-refractivity contribution < 1.29 is 9.18 Å². The standard InChI is InChI=1S/C21H25ClFN3O/c22-18-8-6-17(7-9-18)16-26-12-3-11-25(14-15-26)13-10-21(27)24-20-5-2-1-4-19(20)23/h1-2,4-9H,3,10-16H2,(H,24,27). The Labute approximate surface area is 164 Å². The van der Waals surface area contributed by atoms with Gasteiger partial charge in [0.2, 0.25) is 5.91 Å². The summed E-state index contributed by atoms with van der Waals surface area (Å²) in [6, 6.07) is 14.2. The van der Waals surface area contributed by atoms with Gasteiger partial charge in [-0.15, -0.1) is 0 Å². The Bertz CT molecular complexity index is 753. The van der Waals surface area contributed by atoms with Crippen molar-refractivity contribution in [2.24, 2.45) is 0 Å². The van der Waals surface area contributed by atoms with E-state index in [4.69, 9.17) is 11.6 Å². The lowest BCUT2D eigenvalue weighted by molar-refractivity contribution is -0.116. The second kappa shape index (κ2) is 9.83. The second-order valence-corrected chi connectivity index (χ2v) is 7.31. The lowest BCUT2D eigenvalue weighted by Crippen LogP contribution is -2.32. The molecule has 1 fully saturated rings. The Balaban J connectivity index is 1.42. The van der Waals surface area contributed by atoms with Crippen LogP contribution in [0.4, 0.5) is 10.1 Å². The molecule has 27 heavy (non-hydrogen) atoms. The van der Waals surface area contributed by atoms with Gasteiger partial charge in [-0.25, -0.2) is 4.39 Å². The maximum Gasteiger partial charge on any atom is 0.225 e. The van der Waals surface area contributed by atoms with Crippen LogP contribution in [-0.4, -0.2) is 48.4 Å². The topological polar surface area (TPSA) is 35.6 Å². The number of hydrogen-bond acceptors (Lipinski definition) is 3. The Hall–Kier alpha value is -1.95. The summed E-state index contributed by atoms with van der Waals surface area (Å²) in [5.74, 6) is -0.555. The van der Waals surface area contributed by atoms with Crippen molar-refractivity contribution >= 4 is 23.2 Å². The Morgan fingerprint density at radius 1 is 1.00 bits per heavy atom. The fraction of sp³-hybridized carbons (Fsp3) is 0.381. The first-order chi connectivity index (χ1) is 13.1. The predicted octanol–water partition coefficient (Wildman–Crippen LogP) is 4.02. The fourth-order valence-electron chi connectivity index (χ4n) is 3.29. The Kier molecular flexibility index (Phi) is 7.21. The number of amides is 1. The van der Waals surface area contributed by atoms with Crippen molar-refractivity contribution in [1.29, 1.82) is 0 Å². The zero-order valence-electron chi connectivity index (χ0n) is 15.3. The molecule has 2 aromatic rings. The monoisotopic (exact) mass is 389 g/mol. The second-order valence-electron chi connectivity index (χ2n) is 6.88. The van der Waals surface area contributed by atoms with Gasteiger partial charge in [-0.1, -0.05) is 35.9 Å². The minimum atomic E-state index is -0.404. The van der Waals surface area contributed by atoms with Gasteiger partial charge in [0.25, 0.3) is 0 Å². The largest absolute Gasteiger partial charge is 0.324 e. The van der Waals surface area contributed by atoms with Crippen LogP contribution in [0.3, 0.4) is 0 Å². The van der Waals surface area contributed by atoms with Crippen LogP contribution in [0.2, 0.25) is 5.02 Å². The van der Waals surface area contributed by atoms with Gasteiger partial charge in [0.05, 0.1) is 5.69 Å². The molecule has 2 aromatic carbocycles. The van der Waals surface area contributed by atoms with E-state index in [0.717, 1.165) is 44.2 Å². The zero-order valence-corrected chi connectivity index (χ0v) is 16.1. The highest BCUT2D eigenvalue weighted by Crippen LogP contribution is 2.14.